The minimum Gasteiger partial charge on any atom is -0.484 e. The lowest BCUT2D eigenvalue weighted by Crippen LogP contribution is -2.45. The van der Waals surface area contributed by atoms with Crippen molar-refractivity contribution in [3.8, 4) is 5.75 Å². The highest BCUT2D eigenvalue weighted by atomic mass is 35.5. The van der Waals surface area contributed by atoms with Gasteiger partial charge in [0.05, 0.1) is 21.6 Å². The van der Waals surface area contributed by atoms with Crippen molar-refractivity contribution in [1.29, 1.82) is 0 Å². The molecule has 1 aliphatic rings. The average molecular weight is 456 g/mol. The molecule has 2 aromatic carbocycles. The van der Waals surface area contributed by atoms with Crippen LogP contribution in [0.5, 0.6) is 5.75 Å². The number of para-hydroxylation sites is 1. The summed E-state index contributed by atoms with van der Waals surface area (Å²) in [6.07, 6.45) is 0. The quantitative estimate of drug-likeness (QED) is 0.570. The Labute approximate surface area is 180 Å². The molecule has 0 aliphatic carbocycles. The molecule has 6 nitrogen and oxygen atoms in total. The predicted octanol–water partition coefficient (Wildman–Crippen LogP) is 4.70. The molecule has 0 bridgehead atoms. The molecule has 0 radical (unpaired) electrons. The molecule has 4 rings (SSSR count). The van der Waals surface area contributed by atoms with E-state index in [-0.39, 0.29) is 12.5 Å². The molecule has 2 heterocycles. The SMILES string of the molecule is O=C(c1ccc(Cl)c(Cl)c1)N1CCSc2nnc(COc3ccccc3Cl)n21. The first kappa shape index (κ1) is 19.4. The molecule has 1 amide bonds. The number of carbonyl (C=O) groups is 1. The van der Waals surface area contributed by atoms with Crippen LogP contribution in [0.1, 0.15) is 16.2 Å². The highest BCUT2D eigenvalue weighted by Crippen LogP contribution is 2.28. The maximum atomic E-state index is 13.1. The van der Waals surface area contributed by atoms with Gasteiger partial charge >= 0.3 is 0 Å². The molecule has 10 heteroatoms. The van der Waals surface area contributed by atoms with Crippen LogP contribution in [-0.4, -0.2) is 33.1 Å². The topological polar surface area (TPSA) is 60.3 Å². The number of hydrogen-bond acceptors (Lipinski definition) is 5. The van der Waals surface area contributed by atoms with Crippen LogP contribution in [0.4, 0.5) is 0 Å². The van der Waals surface area contributed by atoms with Crippen LogP contribution < -0.4 is 9.75 Å². The molecule has 0 saturated carbocycles. The fourth-order valence-electron chi connectivity index (χ4n) is 2.72. The number of fused-ring (bicyclic) bond motifs is 1. The van der Waals surface area contributed by atoms with E-state index in [2.05, 4.69) is 10.2 Å². The lowest BCUT2D eigenvalue weighted by Gasteiger charge is -2.29. The molecular formula is C18H13Cl3N4O2S. The zero-order valence-corrected chi connectivity index (χ0v) is 17.4. The summed E-state index contributed by atoms with van der Waals surface area (Å²) in [6.45, 7) is 0.607. The van der Waals surface area contributed by atoms with Gasteiger partial charge < -0.3 is 4.74 Å². The van der Waals surface area contributed by atoms with Crippen LogP contribution in [0, 0.1) is 0 Å². The van der Waals surface area contributed by atoms with Crippen LogP contribution in [0.3, 0.4) is 0 Å². The van der Waals surface area contributed by atoms with Crippen molar-refractivity contribution in [1.82, 2.24) is 14.9 Å². The number of benzene rings is 2. The van der Waals surface area contributed by atoms with Crippen molar-refractivity contribution in [3.05, 3.63) is 68.9 Å². The Morgan fingerprint density at radius 3 is 2.68 bits per heavy atom. The number of nitrogens with zero attached hydrogens (tertiary/aromatic N) is 4. The molecule has 1 aliphatic heterocycles. The zero-order chi connectivity index (χ0) is 19.7. The van der Waals surface area contributed by atoms with Crippen molar-refractivity contribution in [2.24, 2.45) is 0 Å². The standard InChI is InChI=1S/C18H13Cl3N4O2S/c19-12-6-5-11(9-14(12)21)17(26)24-7-8-28-18-23-22-16(25(18)24)10-27-15-4-2-1-3-13(15)20/h1-6,9H,7-8,10H2. The van der Waals surface area contributed by atoms with E-state index in [0.717, 1.165) is 0 Å². The van der Waals surface area contributed by atoms with E-state index in [0.29, 0.717) is 49.7 Å². The van der Waals surface area contributed by atoms with Crippen LogP contribution in [0.25, 0.3) is 0 Å². The largest absolute Gasteiger partial charge is 0.484 e. The lowest BCUT2D eigenvalue weighted by molar-refractivity contribution is 0.0953. The molecule has 0 saturated heterocycles. The number of rotatable bonds is 4. The molecule has 0 fully saturated rings. The summed E-state index contributed by atoms with van der Waals surface area (Å²) < 4.78 is 7.45. The maximum Gasteiger partial charge on any atom is 0.272 e. The summed E-state index contributed by atoms with van der Waals surface area (Å²) >= 11 is 19.7. The first-order chi connectivity index (χ1) is 13.5. The monoisotopic (exact) mass is 454 g/mol. The number of ether oxygens (including phenoxy) is 1. The maximum absolute atomic E-state index is 13.1. The van der Waals surface area contributed by atoms with Crippen LogP contribution in [0.2, 0.25) is 15.1 Å². The Morgan fingerprint density at radius 2 is 1.89 bits per heavy atom. The van der Waals surface area contributed by atoms with Crippen molar-refractivity contribution in [3.63, 3.8) is 0 Å². The van der Waals surface area contributed by atoms with Crippen molar-refractivity contribution in [2.75, 3.05) is 17.3 Å². The van der Waals surface area contributed by atoms with Gasteiger partial charge in [-0.1, -0.05) is 58.7 Å². The fraction of sp³-hybridized carbons (Fsp3) is 0.167. The van der Waals surface area contributed by atoms with E-state index in [9.17, 15) is 4.79 Å². The predicted molar refractivity (Wildman–Crippen MR) is 110 cm³/mol. The third-order valence-electron chi connectivity index (χ3n) is 4.05. The Kier molecular flexibility index (Phi) is 5.68. The third kappa shape index (κ3) is 3.80. The Bertz CT molecular complexity index is 1040. The fourth-order valence-corrected chi connectivity index (χ4v) is 4.08. The summed E-state index contributed by atoms with van der Waals surface area (Å²) in [7, 11) is 0. The van der Waals surface area contributed by atoms with E-state index >= 15 is 0 Å². The van der Waals surface area contributed by atoms with Crippen LogP contribution >= 0.6 is 46.6 Å². The third-order valence-corrected chi connectivity index (χ3v) is 6.00. The second-order valence-electron chi connectivity index (χ2n) is 5.84. The minimum atomic E-state index is -0.223. The van der Waals surface area contributed by atoms with Gasteiger partial charge in [-0.2, -0.15) is 0 Å². The first-order valence-electron chi connectivity index (χ1n) is 8.26. The van der Waals surface area contributed by atoms with Crippen molar-refractivity contribution in [2.45, 2.75) is 11.8 Å². The van der Waals surface area contributed by atoms with Gasteiger partial charge in [-0.15, -0.1) is 10.2 Å². The molecule has 3 aromatic rings. The number of halogens is 3. The van der Waals surface area contributed by atoms with Crippen LogP contribution in [-0.2, 0) is 6.61 Å². The second-order valence-corrected chi connectivity index (χ2v) is 8.12. The van der Waals surface area contributed by atoms with E-state index in [1.54, 1.807) is 40.0 Å². The van der Waals surface area contributed by atoms with Gasteiger partial charge in [-0.05, 0) is 30.3 Å². The Morgan fingerprint density at radius 1 is 1.07 bits per heavy atom. The summed E-state index contributed by atoms with van der Waals surface area (Å²) in [5, 5.41) is 11.8. The molecule has 0 atom stereocenters. The number of carbonyl (C=O) groups excluding carboxylic acids is 1. The Balaban J connectivity index is 1.61. The van der Waals surface area contributed by atoms with Crippen molar-refractivity contribution < 1.29 is 9.53 Å². The summed E-state index contributed by atoms with van der Waals surface area (Å²) in [5.41, 5.74) is 0.430. The first-order valence-corrected chi connectivity index (χ1v) is 10.4. The smallest absolute Gasteiger partial charge is 0.272 e. The van der Waals surface area contributed by atoms with Crippen molar-refractivity contribution >= 4 is 52.5 Å². The molecule has 0 N–H and O–H groups in total. The lowest BCUT2D eigenvalue weighted by atomic mass is 10.2. The zero-order valence-electron chi connectivity index (χ0n) is 14.3. The van der Waals surface area contributed by atoms with E-state index in [1.165, 1.54) is 11.8 Å². The van der Waals surface area contributed by atoms with Gasteiger partial charge in [0.25, 0.3) is 5.91 Å². The van der Waals surface area contributed by atoms with E-state index < -0.39 is 0 Å². The summed E-state index contributed by atoms with van der Waals surface area (Å²) in [5.74, 6) is 1.51. The van der Waals surface area contributed by atoms with Gasteiger partial charge in [0.1, 0.15) is 12.4 Å². The van der Waals surface area contributed by atoms with Gasteiger partial charge in [0.2, 0.25) is 5.16 Å². The molecule has 144 valence electrons. The number of amides is 1. The second kappa shape index (κ2) is 8.21. The molecule has 1 aromatic heterocycles. The number of thioether (sulfide) groups is 1. The highest BCUT2D eigenvalue weighted by Gasteiger charge is 2.28. The molecule has 0 unspecified atom stereocenters. The summed E-state index contributed by atoms with van der Waals surface area (Å²) in [6, 6.07) is 12.0. The van der Waals surface area contributed by atoms with Crippen LogP contribution in [0.15, 0.2) is 47.6 Å². The van der Waals surface area contributed by atoms with Gasteiger partial charge in [0, 0.05) is 11.3 Å². The summed E-state index contributed by atoms with van der Waals surface area (Å²) in [4.78, 5) is 13.1. The van der Waals surface area contributed by atoms with Gasteiger partial charge in [-0.3, -0.25) is 4.79 Å². The normalized spacial score (nSPS) is 13.3. The molecule has 0 spiro atoms. The highest BCUT2D eigenvalue weighted by molar-refractivity contribution is 7.99. The van der Waals surface area contributed by atoms with E-state index in [1.807, 2.05) is 12.1 Å². The number of aromatic nitrogens is 3. The Hall–Kier alpha value is -1.93. The van der Waals surface area contributed by atoms with Gasteiger partial charge in [-0.25, -0.2) is 9.69 Å². The number of hydrogen-bond donors (Lipinski definition) is 0. The van der Waals surface area contributed by atoms with E-state index in [4.69, 9.17) is 39.5 Å². The average Bonchev–Trinajstić information content (AvgIpc) is 3.12. The van der Waals surface area contributed by atoms with Gasteiger partial charge in [0.15, 0.2) is 5.82 Å². The molecular weight excluding hydrogens is 443 g/mol. The minimum absolute atomic E-state index is 0.114. The molecule has 28 heavy (non-hydrogen) atoms.